The van der Waals surface area contributed by atoms with E-state index >= 15 is 0 Å². The summed E-state index contributed by atoms with van der Waals surface area (Å²) in [6, 6.07) is 0. The smallest absolute Gasteiger partial charge is 0.246 e. The molecule has 6 nitrogen and oxygen atoms in total. The Morgan fingerprint density at radius 1 is 0.917 bits per heavy atom. The molecule has 0 saturated heterocycles. The van der Waals surface area contributed by atoms with Gasteiger partial charge >= 0.3 is 0 Å². The molecule has 0 saturated carbocycles. The second kappa shape index (κ2) is 11.7. The highest BCUT2D eigenvalue weighted by Gasteiger charge is 2.32. The van der Waals surface area contributed by atoms with Gasteiger partial charge in [0.05, 0.1) is 19.8 Å². The van der Waals surface area contributed by atoms with Crippen molar-refractivity contribution in [2.75, 3.05) is 45.3 Å². The third-order valence-electron chi connectivity index (χ3n) is 3.16. The van der Waals surface area contributed by atoms with Gasteiger partial charge in [0.15, 0.2) is 0 Å². The summed E-state index contributed by atoms with van der Waals surface area (Å²) >= 11 is 4.00. The van der Waals surface area contributed by atoms with Crippen molar-refractivity contribution in [1.29, 1.82) is 0 Å². The lowest BCUT2D eigenvalue weighted by Crippen LogP contribution is -2.40. The minimum Gasteiger partial charge on any atom is -0.377 e. The summed E-state index contributed by atoms with van der Waals surface area (Å²) in [4.78, 5) is 23.4. The van der Waals surface area contributed by atoms with Crippen LogP contribution >= 0.6 is 12.6 Å². The zero-order chi connectivity index (χ0) is 18.6. The number of carbonyl (C=O) groups is 2. The Hall–Kier alpha value is -0.790. The van der Waals surface area contributed by atoms with Gasteiger partial charge in [-0.25, -0.2) is 0 Å². The quantitative estimate of drug-likeness (QED) is 0.364. The molecule has 0 aliphatic heterocycles. The third kappa shape index (κ3) is 12.6. The SMILES string of the molecule is CC(C)(C)CC(C)(C)C(=O)NCCOCCOCC(=O)NCCS. The maximum absolute atomic E-state index is 12.2. The summed E-state index contributed by atoms with van der Waals surface area (Å²) in [7, 11) is 0. The molecular weight excluding hydrogens is 328 g/mol. The van der Waals surface area contributed by atoms with Crippen LogP contribution in [-0.4, -0.2) is 57.1 Å². The number of amides is 2. The van der Waals surface area contributed by atoms with Gasteiger partial charge in [-0.15, -0.1) is 0 Å². The van der Waals surface area contributed by atoms with E-state index in [0.29, 0.717) is 38.7 Å². The number of ether oxygens (including phenoxy) is 2. The molecule has 0 aromatic rings. The van der Waals surface area contributed by atoms with E-state index in [4.69, 9.17) is 9.47 Å². The van der Waals surface area contributed by atoms with Crippen LogP contribution in [0.15, 0.2) is 0 Å². The number of hydrogen-bond donors (Lipinski definition) is 3. The van der Waals surface area contributed by atoms with Crippen molar-refractivity contribution in [3.63, 3.8) is 0 Å². The zero-order valence-electron chi connectivity index (χ0n) is 15.7. The number of hydrogen-bond acceptors (Lipinski definition) is 5. The van der Waals surface area contributed by atoms with Crippen LogP contribution in [0, 0.1) is 10.8 Å². The van der Waals surface area contributed by atoms with E-state index in [1.807, 2.05) is 13.8 Å². The molecule has 0 rings (SSSR count). The molecule has 7 heteroatoms. The van der Waals surface area contributed by atoms with Crippen molar-refractivity contribution in [2.45, 2.75) is 41.0 Å². The van der Waals surface area contributed by atoms with Crippen LogP contribution in [-0.2, 0) is 19.1 Å². The second-order valence-electron chi connectivity index (χ2n) is 7.62. The van der Waals surface area contributed by atoms with E-state index in [1.165, 1.54) is 0 Å². The number of rotatable bonds is 12. The first-order valence-electron chi connectivity index (χ1n) is 8.40. The fraction of sp³-hybridized carbons (Fsp3) is 0.882. The van der Waals surface area contributed by atoms with Crippen LogP contribution in [0.2, 0.25) is 0 Å². The molecular formula is C17H34N2O4S. The number of thiol groups is 1. The maximum atomic E-state index is 12.2. The Morgan fingerprint density at radius 2 is 1.54 bits per heavy atom. The predicted octanol–water partition coefficient (Wildman–Crippen LogP) is 1.64. The van der Waals surface area contributed by atoms with Crippen molar-refractivity contribution < 1.29 is 19.1 Å². The van der Waals surface area contributed by atoms with Gasteiger partial charge in [-0.3, -0.25) is 9.59 Å². The van der Waals surface area contributed by atoms with Crippen LogP contribution < -0.4 is 10.6 Å². The second-order valence-corrected chi connectivity index (χ2v) is 8.06. The van der Waals surface area contributed by atoms with E-state index in [1.54, 1.807) is 0 Å². The molecule has 0 unspecified atom stereocenters. The van der Waals surface area contributed by atoms with Crippen molar-refractivity contribution in [3.8, 4) is 0 Å². The normalized spacial score (nSPS) is 12.1. The molecule has 0 radical (unpaired) electrons. The highest BCUT2D eigenvalue weighted by atomic mass is 32.1. The lowest BCUT2D eigenvalue weighted by molar-refractivity contribution is -0.131. The molecule has 24 heavy (non-hydrogen) atoms. The van der Waals surface area contributed by atoms with E-state index in [0.717, 1.165) is 6.42 Å². The van der Waals surface area contributed by atoms with E-state index in [9.17, 15) is 9.59 Å². The minimum atomic E-state index is -0.401. The van der Waals surface area contributed by atoms with E-state index in [2.05, 4.69) is 44.0 Å². The molecule has 0 heterocycles. The molecule has 0 bridgehead atoms. The molecule has 0 fully saturated rings. The predicted molar refractivity (Wildman–Crippen MR) is 99.4 cm³/mol. The first-order chi connectivity index (χ1) is 11.1. The van der Waals surface area contributed by atoms with Crippen LogP contribution in [0.1, 0.15) is 41.0 Å². The van der Waals surface area contributed by atoms with Crippen LogP contribution in [0.25, 0.3) is 0 Å². The van der Waals surface area contributed by atoms with Gasteiger partial charge in [0, 0.05) is 24.3 Å². The maximum Gasteiger partial charge on any atom is 0.246 e. The number of carbonyl (C=O) groups excluding carboxylic acids is 2. The zero-order valence-corrected chi connectivity index (χ0v) is 16.6. The molecule has 142 valence electrons. The topological polar surface area (TPSA) is 76.7 Å². The molecule has 0 aliphatic rings. The van der Waals surface area contributed by atoms with E-state index in [-0.39, 0.29) is 23.8 Å². The lowest BCUT2D eigenvalue weighted by atomic mass is 9.76. The molecule has 0 aromatic heterocycles. The molecule has 0 aliphatic carbocycles. The lowest BCUT2D eigenvalue weighted by Gasteiger charge is -2.31. The summed E-state index contributed by atoms with van der Waals surface area (Å²) in [5.41, 5.74) is -0.296. The van der Waals surface area contributed by atoms with Gasteiger partial charge in [0.25, 0.3) is 0 Å². The molecule has 2 amide bonds. The molecule has 2 N–H and O–H groups in total. The summed E-state index contributed by atoms with van der Waals surface area (Å²) in [5, 5.41) is 5.56. The van der Waals surface area contributed by atoms with Gasteiger partial charge in [0.2, 0.25) is 11.8 Å². The Labute approximate surface area is 151 Å². The summed E-state index contributed by atoms with van der Waals surface area (Å²) in [6.07, 6.45) is 0.815. The van der Waals surface area contributed by atoms with Gasteiger partial charge in [-0.1, -0.05) is 34.6 Å². The summed E-state index contributed by atoms with van der Waals surface area (Å²) < 4.78 is 10.6. The molecule has 0 spiro atoms. The summed E-state index contributed by atoms with van der Waals surface area (Å²) in [5.74, 6) is 0.489. The van der Waals surface area contributed by atoms with Gasteiger partial charge in [-0.2, -0.15) is 12.6 Å². The summed E-state index contributed by atoms with van der Waals surface area (Å²) in [6.45, 7) is 12.5. The standard InChI is InChI=1S/C17H34N2O4S/c1-16(2,3)13-17(4,5)15(21)19-6-8-22-9-10-23-12-14(20)18-7-11-24/h24H,6-13H2,1-5H3,(H,18,20)(H,19,21). The average molecular weight is 363 g/mol. The van der Waals surface area contributed by atoms with Crippen LogP contribution in [0.3, 0.4) is 0 Å². The van der Waals surface area contributed by atoms with Crippen molar-refractivity contribution in [3.05, 3.63) is 0 Å². The largest absolute Gasteiger partial charge is 0.377 e. The number of nitrogens with one attached hydrogen (secondary N) is 2. The first kappa shape index (κ1) is 23.2. The minimum absolute atomic E-state index is 0.0227. The van der Waals surface area contributed by atoms with Gasteiger partial charge in [-0.05, 0) is 11.8 Å². The Bertz CT molecular complexity index is 381. The highest BCUT2D eigenvalue weighted by molar-refractivity contribution is 7.80. The van der Waals surface area contributed by atoms with Gasteiger partial charge in [0.1, 0.15) is 6.61 Å². The van der Waals surface area contributed by atoms with Crippen LogP contribution in [0.4, 0.5) is 0 Å². The van der Waals surface area contributed by atoms with Crippen molar-refractivity contribution in [2.24, 2.45) is 10.8 Å². The van der Waals surface area contributed by atoms with E-state index < -0.39 is 5.41 Å². The van der Waals surface area contributed by atoms with Crippen molar-refractivity contribution in [1.82, 2.24) is 10.6 Å². The molecule has 0 aromatic carbocycles. The fourth-order valence-corrected chi connectivity index (χ4v) is 2.63. The molecule has 0 atom stereocenters. The average Bonchev–Trinajstić information content (AvgIpc) is 2.45. The Morgan fingerprint density at radius 3 is 2.12 bits per heavy atom. The highest BCUT2D eigenvalue weighted by Crippen LogP contribution is 2.33. The monoisotopic (exact) mass is 362 g/mol. The van der Waals surface area contributed by atoms with Gasteiger partial charge < -0.3 is 20.1 Å². The van der Waals surface area contributed by atoms with Crippen molar-refractivity contribution >= 4 is 24.4 Å². The Kier molecular flexibility index (Phi) is 11.3. The Balaban J connectivity index is 3.66. The van der Waals surface area contributed by atoms with Crippen LogP contribution in [0.5, 0.6) is 0 Å². The third-order valence-corrected chi connectivity index (χ3v) is 3.38. The first-order valence-corrected chi connectivity index (χ1v) is 9.03. The fourth-order valence-electron chi connectivity index (χ4n) is 2.51.